The maximum absolute atomic E-state index is 8.85. The summed E-state index contributed by atoms with van der Waals surface area (Å²) in [5.74, 6) is 0.785. The van der Waals surface area contributed by atoms with Crippen LogP contribution in [0.1, 0.15) is 18.1 Å². The molecule has 1 saturated heterocycles. The summed E-state index contributed by atoms with van der Waals surface area (Å²) in [6, 6.07) is 7.64. The Morgan fingerprint density at radius 3 is 3.00 bits per heavy atom. The molecule has 1 fully saturated rings. The Hall–Kier alpha value is -1.57. The Kier molecular flexibility index (Phi) is 4.19. The molecule has 1 aromatic carbocycles. The minimum absolute atomic E-state index is 0.0877. The molecule has 96 valence electrons. The molecule has 1 N–H and O–H groups in total. The smallest absolute Gasteiger partial charge is 0.119 e. The molecule has 0 bridgehead atoms. The van der Waals surface area contributed by atoms with E-state index >= 15 is 0 Å². The monoisotopic (exact) mass is 246 g/mol. The first kappa shape index (κ1) is 12.9. The van der Waals surface area contributed by atoms with E-state index in [1.165, 1.54) is 0 Å². The Labute approximate surface area is 108 Å². The normalized spacial score (nSPS) is 23.4. The van der Waals surface area contributed by atoms with E-state index < -0.39 is 0 Å². The number of rotatable bonds is 3. The highest BCUT2D eigenvalue weighted by Gasteiger charge is 2.19. The summed E-state index contributed by atoms with van der Waals surface area (Å²) >= 11 is 0. The van der Waals surface area contributed by atoms with Crippen molar-refractivity contribution in [3.05, 3.63) is 29.3 Å². The highest BCUT2D eigenvalue weighted by Crippen LogP contribution is 2.17. The summed E-state index contributed by atoms with van der Waals surface area (Å²) < 4.78 is 11.4. The first-order valence-corrected chi connectivity index (χ1v) is 6.19. The zero-order valence-corrected chi connectivity index (χ0v) is 10.8. The molecule has 4 nitrogen and oxygen atoms in total. The molecule has 0 radical (unpaired) electrons. The van der Waals surface area contributed by atoms with Gasteiger partial charge in [-0.25, -0.2) is 0 Å². The van der Waals surface area contributed by atoms with Crippen LogP contribution < -0.4 is 10.1 Å². The van der Waals surface area contributed by atoms with Crippen LogP contribution >= 0.6 is 0 Å². The topological polar surface area (TPSA) is 54.3 Å². The van der Waals surface area contributed by atoms with E-state index in [1.807, 2.05) is 26.0 Å². The number of nitrogens with one attached hydrogen (secondary N) is 1. The van der Waals surface area contributed by atoms with Crippen molar-refractivity contribution in [2.24, 2.45) is 0 Å². The van der Waals surface area contributed by atoms with Crippen molar-refractivity contribution >= 4 is 0 Å². The highest BCUT2D eigenvalue weighted by molar-refractivity contribution is 5.41. The van der Waals surface area contributed by atoms with E-state index in [0.29, 0.717) is 12.2 Å². The highest BCUT2D eigenvalue weighted by atomic mass is 16.5. The first-order valence-electron chi connectivity index (χ1n) is 6.19. The molecule has 1 heterocycles. The van der Waals surface area contributed by atoms with Gasteiger partial charge in [-0.15, -0.1) is 0 Å². The summed E-state index contributed by atoms with van der Waals surface area (Å²) in [5, 5.41) is 12.2. The molecule has 1 aromatic rings. The molecule has 0 aliphatic carbocycles. The summed E-state index contributed by atoms with van der Waals surface area (Å²) in [6.45, 7) is 6.20. The van der Waals surface area contributed by atoms with Gasteiger partial charge in [-0.3, -0.25) is 0 Å². The second kappa shape index (κ2) is 5.85. The lowest BCUT2D eigenvalue weighted by Gasteiger charge is -2.28. The maximum atomic E-state index is 8.85. The van der Waals surface area contributed by atoms with E-state index in [2.05, 4.69) is 11.4 Å². The maximum Gasteiger partial charge on any atom is 0.119 e. The lowest BCUT2D eigenvalue weighted by molar-refractivity contribution is -0.0470. The molecular weight excluding hydrogens is 228 g/mol. The van der Waals surface area contributed by atoms with Gasteiger partial charge in [0.1, 0.15) is 18.5 Å². The molecule has 1 aliphatic heterocycles. The summed E-state index contributed by atoms with van der Waals surface area (Å²) in [4.78, 5) is 0. The third-order valence-electron chi connectivity index (χ3n) is 2.98. The van der Waals surface area contributed by atoms with Gasteiger partial charge in [0.2, 0.25) is 0 Å². The van der Waals surface area contributed by atoms with Gasteiger partial charge in [0, 0.05) is 13.1 Å². The average Bonchev–Trinajstić information content (AvgIpc) is 2.37. The Morgan fingerprint density at radius 1 is 1.50 bits per heavy atom. The number of ether oxygens (including phenoxy) is 2. The van der Waals surface area contributed by atoms with Gasteiger partial charge in [0.05, 0.1) is 17.7 Å². The van der Waals surface area contributed by atoms with Gasteiger partial charge in [0.15, 0.2) is 0 Å². The van der Waals surface area contributed by atoms with Gasteiger partial charge in [-0.2, -0.15) is 5.26 Å². The fourth-order valence-corrected chi connectivity index (χ4v) is 2.01. The van der Waals surface area contributed by atoms with Crippen molar-refractivity contribution in [2.75, 3.05) is 19.7 Å². The molecule has 2 rings (SSSR count). The SMILES string of the molecule is Cc1cc(OCC2CNCC(C)O2)ccc1C#N. The Bertz CT molecular complexity index is 454. The predicted octanol–water partition coefficient (Wildman–Crippen LogP) is 1.62. The van der Waals surface area contributed by atoms with Crippen LogP contribution in [0.2, 0.25) is 0 Å². The summed E-state index contributed by atoms with van der Waals surface area (Å²) in [6.07, 6.45) is 0.319. The van der Waals surface area contributed by atoms with Crippen molar-refractivity contribution in [1.29, 1.82) is 5.26 Å². The number of nitrogens with zero attached hydrogens (tertiary/aromatic N) is 1. The van der Waals surface area contributed by atoms with E-state index in [4.69, 9.17) is 14.7 Å². The molecule has 0 aromatic heterocycles. The third-order valence-corrected chi connectivity index (χ3v) is 2.98. The van der Waals surface area contributed by atoms with Gasteiger partial charge < -0.3 is 14.8 Å². The molecule has 4 heteroatoms. The summed E-state index contributed by atoms with van der Waals surface area (Å²) in [5.41, 5.74) is 1.62. The zero-order chi connectivity index (χ0) is 13.0. The van der Waals surface area contributed by atoms with Crippen molar-refractivity contribution in [1.82, 2.24) is 5.32 Å². The second-order valence-electron chi connectivity index (χ2n) is 4.63. The molecule has 0 spiro atoms. The average molecular weight is 246 g/mol. The van der Waals surface area contributed by atoms with Gasteiger partial charge in [0.25, 0.3) is 0 Å². The van der Waals surface area contributed by atoms with Gasteiger partial charge >= 0.3 is 0 Å². The zero-order valence-electron chi connectivity index (χ0n) is 10.8. The first-order chi connectivity index (χ1) is 8.69. The van der Waals surface area contributed by atoms with E-state index in [0.717, 1.165) is 24.4 Å². The van der Waals surface area contributed by atoms with Gasteiger partial charge in [-0.1, -0.05) is 0 Å². The van der Waals surface area contributed by atoms with E-state index in [9.17, 15) is 0 Å². The number of morpholine rings is 1. The fourth-order valence-electron chi connectivity index (χ4n) is 2.01. The van der Waals surface area contributed by atoms with Crippen molar-refractivity contribution < 1.29 is 9.47 Å². The Morgan fingerprint density at radius 2 is 2.33 bits per heavy atom. The van der Waals surface area contributed by atoms with E-state index in [-0.39, 0.29) is 12.2 Å². The minimum atomic E-state index is 0.0877. The molecule has 1 aliphatic rings. The molecule has 0 amide bonds. The lowest BCUT2D eigenvalue weighted by Crippen LogP contribution is -2.45. The van der Waals surface area contributed by atoms with E-state index in [1.54, 1.807) is 6.07 Å². The van der Waals surface area contributed by atoms with Crippen LogP contribution in [0.5, 0.6) is 5.75 Å². The minimum Gasteiger partial charge on any atom is -0.491 e. The number of benzene rings is 1. The number of hydrogen-bond acceptors (Lipinski definition) is 4. The fraction of sp³-hybridized carbons (Fsp3) is 0.500. The molecule has 2 unspecified atom stereocenters. The lowest BCUT2D eigenvalue weighted by atomic mass is 10.1. The van der Waals surface area contributed by atoms with Crippen LogP contribution in [0.3, 0.4) is 0 Å². The van der Waals surface area contributed by atoms with Crippen LogP contribution in [0, 0.1) is 18.3 Å². The largest absolute Gasteiger partial charge is 0.491 e. The predicted molar refractivity (Wildman–Crippen MR) is 68.6 cm³/mol. The quantitative estimate of drug-likeness (QED) is 0.880. The second-order valence-corrected chi connectivity index (χ2v) is 4.63. The summed E-state index contributed by atoms with van der Waals surface area (Å²) in [7, 11) is 0. The molecule has 0 saturated carbocycles. The van der Waals surface area contributed by atoms with Crippen molar-refractivity contribution in [3.8, 4) is 11.8 Å². The van der Waals surface area contributed by atoms with Gasteiger partial charge in [-0.05, 0) is 37.6 Å². The van der Waals surface area contributed by atoms with Crippen LogP contribution in [0.4, 0.5) is 0 Å². The standard InChI is InChI=1S/C14H18N2O2/c1-10-5-13(4-3-12(10)6-15)17-9-14-8-16-7-11(2)18-14/h3-5,11,14,16H,7-9H2,1-2H3. The Balaban J connectivity index is 1.90. The molecule has 2 atom stereocenters. The van der Waals surface area contributed by atoms with Crippen LogP contribution in [-0.2, 0) is 4.74 Å². The van der Waals surface area contributed by atoms with Crippen LogP contribution in [0.25, 0.3) is 0 Å². The molecule has 18 heavy (non-hydrogen) atoms. The van der Waals surface area contributed by atoms with Crippen molar-refractivity contribution in [2.45, 2.75) is 26.1 Å². The van der Waals surface area contributed by atoms with Crippen LogP contribution in [-0.4, -0.2) is 31.9 Å². The van der Waals surface area contributed by atoms with Crippen LogP contribution in [0.15, 0.2) is 18.2 Å². The number of nitriles is 1. The van der Waals surface area contributed by atoms with Crippen molar-refractivity contribution in [3.63, 3.8) is 0 Å². The third kappa shape index (κ3) is 3.22. The number of hydrogen-bond donors (Lipinski definition) is 1. The molecular formula is C14H18N2O2. The number of aryl methyl sites for hydroxylation is 1.